The minimum Gasteiger partial charge on any atom is -0.501 e. The zero-order chi connectivity index (χ0) is 54.1. The van der Waals surface area contributed by atoms with E-state index < -0.39 is 0 Å². The van der Waals surface area contributed by atoms with Crippen LogP contribution in [0.2, 0.25) is 0 Å². The van der Waals surface area contributed by atoms with Gasteiger partial charge in [-0.25, -0.2) is 0 Å². The van der Waals surface area contributed by atoms with Crippen molar-refractivity contribution < 1.29 is 28.9 Å². The van der Waals surface area contributed by atoms with Crippen LogP contribution in [0.15, 0.2) is 234 Å². The van der Waals surface area contributed by atoms with E-state index in [4.69, 9.17) is 13.8 Å². The fraction of sp³-hybridized carbons (Fsp3) is 0.122. The second kappa shape index (κ2) is 23.0. The van der Waals surface area contributed by atoms with Crippen molar-refractivity contribution in [2.45, 2.75) is 58.8 Å². The van der Waals surface area contributed by atoms with Crippen molar-refractivity contribution in [2.75, 3.05) is 0 Å². The van der Waals surface area contributed by atoms with Crippen LogP contribution in [0.3, 0.4) is 0 Å². The number of furan rings is 2. The second-order valence-corrected chi connectivity index (χ2v) is 21.1. The van der Waals surface area contributed by atoms with E-state index in [1.807, 2.05) is 91.3 Å². The zero-order valence-corrected chi connectivity index (χ0v) is 48.0. The number of nitrogens with zero attached hydrogens (tertiary/aromatic N) is 4. The molecule has 5 aromatic heterocycles. The maximum atomic E-state index is 6.52. The smallest absolute Gasteiger partial charge is 0.501 e. The molecule has 0 amide bonds. The zero-order valence-electron chi connectivity index (χ0n) is 45.6. The molecule has 0 fully saturated rings. The number of hydrogen-bond acceptors (Lipinski definition) is 5. The van der Waals surface area contributed by atoms with Gasteiger partial charge in [-0.15, -0.1) is 89.5 Å². The first-order valence-electron chi connectivity index (χ1n) is 27.6. The Bertz CT molecular complexity index is 4490. The van der Waals surface area contributed by atoms with E-state index in [-0.39, 0.29) is 31.9 Å². The third-order valence-electron chi connectivity index (χ3n) is 15.3. The molecule has 0 spiro atoms. The van der Waals surface area contributed by atoms with Crippen molar-refractivity contribution in [3.05, 3.63) is 276 Å². The van der Waals surface area contributed by atoms with Gasteiger partial charge in [-0.3, -0.25) is 4.98 Å². The fourth-order valence-corrected chi connectivity index (χ4v) is 11.3. The molecule has 7 heteroatoms. The molecular formula is C74H57IrN4O2. The van der Waals surface area contributed by atoms with Crippen LogP contribution in [0.1, 0.15) is 72.9 Å². The van der Waals surface area contributed by atoms with Crippen molar-refractivity contribution in [3.63, 3.8) is 0 Å². The Labute approximate surface area is 486 Å². The molecule has 81 heavy (non-hydrogen) atoms. The third-order valence-corrected chi connectivity index (χ3v) is 15.3. The number of benzene rings is 9. The Morgan fingerprint density at radius 1 is 0.481 bits per heavy atom. The molecular weight excluding hydrogens is 1170 g/mol. The molecule has 14 rings (SSSR count). The van der Waals surface area contributed by atoms with Gasteiger partial charge in [0.25, 0.3) is 0 Å². The van der Waals surface area contributed by atoms with Gasteiger partial charge in [-0.1, -0.05) is 142 Å². The van der Waals surface area contributed by atoms with Gasteiger partial charge in [0.15, 0.2) is 0 Å². The summed E-state index contributed by atoms with van der Waals surface area (Å²) in [6.07, 6.45) is 6.62. The number of fused-ring (bicyclic) bond motifs is 7. The summed E-state index contributed by atoms with van der Waals surface area (Å²) in [7, 11) is 0. The van der Waals surface area contributed by atoms with Gasteiger partial charge in [0.1, 0.15) is 16.7 Å². The molecule has 0 N–H and O–H groups in total. The van der Waals surface area contributed by atoms with Gasteiger partial charge in [-0.05, 0) is 136 Å². The number of para-hydroxylation sites is 4. The number of aryl methyl sites for hydroxylation is 2. The summed E-state index contributed by atoms with van der Waals surface area (Å²) >= 11 is 0. The Morgan fingerprint density at radius 3 is 1.91 bits per heavy atom. The van der Waals surface area contributed by atoms with E-state index in [9.17, 15) is 0 Å². The van der Waals surface area contributed by atoms with E-state index >= 15 is 0 Å². The van der Waals surface area contributed by atoms with Crippen molar-refractivity contribution in [3.8, 4) is 50.7 Å². The number of imidazole rings is 1. The van der Waals surface area contributed by atoms with Crippen molar-refractivity contribution >= 4 is 54.9 Å². The third kappa shape index (κ3) is 10.4. The van der Waals surface area contributed by atoms with E-state index in [0.717, 1.165) is 114 Å². The van der Waals surface area contributed by atoms with Crippen LogP contribution in [-0.4, -0.2) is 19.5 Å². The normalized spacial score (nSPS) is 11.5. The SMILES string of the molecule is CC(C)c1cc(-c2ccc3c(c2)oc2ccccc23)cc(C(C)C)c1-n1c(-c2[c-]ccc3c2oc2ccccc23)nc2ccccc21.[Ir+3].[c-]1ccccc1-c1ccc(CCc2ccccc2Cc2ccc[c-]c2-c2ccccn2)cn1. The molecule has 0 aliphatic carbocycles. The minimum absolute atomic E-state index is 0. The van der Waals surface area contributed by atoms with Crippen LogP contribution < -0.4 is 0 Å². The predicted octanol–water partition coefficient (Wildman–Crippen LogP) is 19.0. The molecule has 0 radical (unpaired) electrons. The van der Waals surface area contributed by atoms with Gasteiger partial charge in [0.05, 0.1) is 22.4 Å². The monoisotopic (exact) mass is 1230 g/mol. The molecule has 5 heterocycles. The second-order valence-electron chi connectivity index (χ2n) is 21.1. The summed E-state index contributed by atoms with van der Waals surface area (Å²) in [6.45, 7) is 9.11. The first-order chi connectivity index (χ1) is 39.3. The van der Waals surface area contributed by atoms with Crippen molar-refractivity contribution in [2.24, 2.45) is 0 Å². The van der Waals surface area contributed by atoms with E-state index in [1.54, 1.807) is 0 Å². The number of hydrogen-bond donors (Lipinski definition) is 0. The molecule has 6 nitrogen and oxygen atoms in total. The van der Waals surface area contributed by atoms with Crippen molar-refractivity contribution in [1.29, 1.82) is 0 Å². The molecule has 394 valence electrons. The number of pyridine rings is 2. The Balaban J connectivity index is 0.000000169. The van der Waals surface area contributed by atoms with Crippen LogP contribution >= 0.6 is 0 Å². The van der Waals surface area contributed by atoms with Gasteiger partial charge >= 0.3 is 20.1 Å². The quantitative estimate of drug-likeness (QED) is 0.114. The molecule has 0 bridgehead atoms. The standard InChI is InChI=1S/C43H33N2O2.C31H24N2.Ir/c1-25(2)34-22-28(27-20-21-31-29-12-5-9-18-38(29)46-40(31)24-27)23-35(26(3)4)41(34)45-37-17-8-7-16-36(37)44-43(45)33-15-11-14-32-30-13-6-10-19-39(30)47-42(32)33;1-2-11-26(12-3-1)30-20-18-24(23-33-30)17-19-25-10-4-5-13-27(25)22-28-14-6-7-15-29(28)31-16-8-9-21-32-31;/h5-14,16-26H,1-4H3;1-11,13-14,16,18,20-21,23H,17,19,22H2;/q-1;-2;+3. The molecule has 0 aliphatic rings. The first kappa shape index (κ1) is 52.7. The molecule has 0 saturated heterocycles. The molecule has 0 atom stereocenters. The summed E-state index contributed by atoms with van der Waals surface area (Å²) in [4.78, 5) is 14.5. The van der Waals surface area contributed by atoms with Crippen LogP contribution in [0.4, 0.5) is 0 Å². The summed E-state index contributed by atoms with van der Waals surface area (Å²) < 4.78 is 15.2. The molecule has 0 saturated carbocycles. The van der Waals surface area contributed by atoms with E-state index in [0.29, 0.717) is 0 Å². The average molecular weight is 1230 g/mol. The summed E-state index contributed by atoms with van der Waals surface area (Å²) in [5.74, 6) is 1.32. The Hall–Kier alpha value is -9.00. The number of rotatable bonds is 12. The minimum atomic E-state index is 0. The first-order valence-corrected chi connectivity index (χ1v) is 27.6. The van der Waals surface area contributed by atoms with Gasteiger partial charge in [0, 0.05) is 34.2 Å². The van der Waals surface area contributed by atoms with Crippen LogP contribution in [0, 0.1) is 18.2 Å². The molecule has 9 aromatic carbocycles. The van der Waals surface area contributed by atoms with E-state index in [1.165, 1.54) is 44.6 Å². The van der Waals surface area contributed by atoms with Gasteiger partial charge < -0.3 is 23.4 Å². The van der Waals surface area contributed by atoms with Crippen LogP contribution in [-0.2, 0) is 39.4 Å². The maximum Gasteiger partial charge on any atom is 3.00 e. The average Bonchev–Trinajstić information content (AvgIpc) is 4.35. The topological polar surface area (TPSA) is 69.9 Å². The summed E-state index contributed by atoms with van der Waals surface area (Å²) in [6, 6.07) is 83.6. The Morgan fingerprint density at radius 2 is 1.16 bits per heavy atom. The van der Waals surface area contributed by atoms with Gasteiger partial charge in [-0.2, -0.15) is 0 Å². The fourth-order valence-electron chi connectivity index (χ4n) is 11.3. The number of aromatic nitrogens is 4. The largest absolute Gasteiger partial charge is 3.00 e. The van der Waals surface area contributed by atoms with E-state index in [2.05, 4.69) is 194 Å². The Kier molecular flexibility index (Phi) is 15.0. The molecule has 0 aliphatic heterocycles. The van der Waals surface area contributed by atoms with Crippen LogP contribution in [0.5, 0.6) is 0 Å². The van der Waals surface area contributed by atoms with Gasteiger partial charge in [0.2, 0.25) is 0 Å². The van der Waals surface area contributed by atoms with Crippen molar-refractivity contribution in [1.82, 2.24) is 19.5 Å². The molecule has 14 aromatic rings. The van der Waals surface area contributed by atoms with Crippen LogP contribution in [0.25, 0.3) is 106 Å². The summed E-state index contributed by atoms with van der Waals surface area (Å²) in [5, 5.41) is 4.44. The predicted molar refractivity (Wildman–Crippen MR) is 327 cm³/mol. The maximum absolute atomic E-state index is 6.52. The molecule has 0 unspecified atom stereocenters. The summed E-state index contributed by atoms with van der Waals surface area (Å²) in [5.41, 5.74) is 21.6.